The molecule has 4 rings (SSSR count). The van der Waals surface area contributed by atoms with Gasteiger partial charge in [0.25, 0.3) is 5.91 Å². The number of rotatable bonds is 4. The van der Waals surface area contributed by atoms with Crippen molar-refractivity contribution in [1.29, 1.82) is 0 Å². The lowest BCUT2D eigenvalue weighted by molar-refractivity contribution is -0.127. The molecule has 1 aliphatic heterocycles. The van der Waals surface area contributed by atoms with Gasteiger partial charge in [-0.3, -0.25) is 14.8 Å². The molecule has 1 aliphatic rings. The van der Waals surface area contributed by atoms with E-state index < -0.39 is 5.91 Å². The van der Waals surface area contributed by atoms with Gasteiger partial charge >= 0.3 is 0 Å². The third-order valence-electron chi connectivity index (χ3n) is 4.90. The molecule has 0 aliphatic carbocycles. The number of aromatic amines is 1. The van der Waals surface area contributed by atoms with Gasteiger partial charge in [-0.05, 0) is 42.3 Å². The first kappa shape index (κ1) is 18.6. The van der Waals surface area contributed by atoms with E-state index in [-0.39, 0.29) is 5.91 Å². The predicted molar refractivity (Wildman–Crippen MR) is 110 cm³/mol. The first-order valence-electron chi connectivity index (χ1n) is 9.28. The topological polar surface area (TPSA) is 98.3 Å². The summed E-state index contributed by atoms with van der Waals surface area (Å²) in [5.41, 5.74) is 6.16. The maximum Gasteiger partial charge on any atom is 0.267 e. The Kier molecular flexibility index (Phi) is 5.22. The fraction of sp³-hybridized carbons (Fsp3) is 0.136. The molecular weight excluding hydrogens is 368 g/mol. The van der Waals surface area contributed by atoms with Gasteiger partial charge < -0.3 is 9.88 Å². The number of H-pyrrole nitrogens is 1. The average molecular weight is 388 g/mol. The fourth-order valence-electron chi connectivity index (χ4n) is 3.50. The van der Waals surface area contributed by atoms with Crippen molar-refractivity contribution in [3.8, 4) is 0 Å². The molecule has 2 aromatic heterocycles. The maximum atomic E-state index is 12.6. The van der Waals surface area contributed by atoms with Crippen LogP contribution in [0.2, 0.25) is 0 Å². The van der Waals surface area contributed by atoms with Crippen LogP contribution < -0.4 is 5.48 Å². The van der Waals surface area contributed by atoms with Gasteiger partial charge in [-0.2, -0.15) is 0 Å². The smallest absolute Gasteiger partial charge is 0.267 e. The lowest BCUT2D eigenvalue weighted by Crippen LogP contribution is -2.34. The molecule has 0 radical (unpaired) electrons. The zero-order chi connectivity index (χ0) is 20.2. The lowest BCUT2D eigenvalue weighted by Gasteiger charge is -2.26. The van der Waals surface area contributed by atoms with Crippen LogP contribution in [0, 0.1) is 0 Å². The number of nitrogens with one attached hydrogen (secondary N) is 2. The molecule has 0 saturated heterocycles. The average Bonchev–Trinajstić information content (AvgIpc) is 3.14. The number of nitrogens with zero attached hydrogens (tertiary/aromatic N) is 2. The molecule has 2 amide bonds. The predicted octanol–water partition coefficient (Wildman–Crippen LogP) is 2.68. The number of carbonyl (C=O) groups is 2. The van der Waals surface area contributed by atoms with Crippen LogP contribution in [0.1, 0.15) is 22.6 Å². The van der Waals surface area contributed by atoms with E-state index in [0.29, 0.717) is 24.5 Å². The Morgan fingerprint density at radius 1 is 1.07 bits per heavy atom. The normalized spacial score (nSPS) is 13.9. The number of benzene rings is 1. The van der Waals surface area contributed by atoms with Crippen LogP contribution >= 0.6 is 0 Å². The Balaban J connectivity index is 1.45. The lowest BCUT2D eigenvalue weighted by atomic mass is 10.0. The van der Waals surface area contributed by atoms with Crippen molar-refractivity contribution in [3.05, 3.63) is 77.3 Å². The zero-order valence-electron chi connectivity index (χ0n) is 15.6. The number of fused-ring (bicyclic) bond motifs is 3. The molecule has 0 spiro atoms. The second kappa shape index (κ2) is 8.12. The highest BCUT2D eigenvalue weighted by Crippen LogP contribution is 2.27. The van der Waals surface area contributed by atoms with Crippen LogP contribution in [0.25, 0.3) is 23.1 Å². The van der Waals surface area contributed by atoms with Crippen molar-refractivity contribution in [2.45, 2.75) is 13.0 Å². The second-order valence-electron chi connectivity index (χ2n) is 6.77. The van der Waals surface area contributed by atoms with E-state index in [1.165, 1.54) is 34.7 Å². The van der Waals surface area contributed by atoms with E-state index in [2.05, 4.69) is 22.1 Å². The molecule has 0 unspecified atom stereocenters. The van der Waals surface area contributed by atoms with Gasteiger partial charge in [-0.1, -0.05) is 24.3 Å². The number of pyridine rings is 1. The zero-order valence-corrected chi connectivity index (χ0v) is 15.6. The maximum absolute atomic E-state index is 12.6. The summed E-state index contributed by atoms with van der Waals surface area (Å²) in [4.78, 5) is 33.3. The quantitative estimate of drug-likeness (QED) is 0.364. The molecule has 0 saturated carbocycles. The number of hydrogen-bond donors (Lipinski definition) is 3. The highest BCUT2D eigenvalue weighted by Gasteiger charge is 2.22. The number of amides is 2. The van der Waals surface area contributed by atoms with Gasteiger partial charge in [0.05, 0.1) is 17.9 Å². The summed E-state index contributed by atoms with van der Waals surface area (Å²) in [6, 6.07) is 13.5. The fourth-order valence-corrected chi connectivity index (χ4v) is 3.50. The van der Waals surface area contributed by atoms with Gasteiger partial charge in [0, 0.05) is 35.3 Å². The third-order valence-corrected chi connectivity index (χ3v) is 4.90. The second-order valence-corrected chi connectivity index (χ2v) is 6.77. The number of carbonyl (C=O) groups excluding carboxylic acids is 2. The SMILES string of the molecule is O=C(C=Cc1cccc(C=CC(=O)N2CCc3c([nH]c4ccccc34)C2)n1)NO. The summed E-state index contributed by atoms with van der Waals surface area (Å²) >= 11 is 0. The molecular formula is C22H20N4O3. The van der Waals surface area contributed by atoms with Crippen molar-refractivity contribution < 1.29 is 14.8 Å². The molecule has 1 aromatic carbocycles. The van der Waals surface area contributed by atoms with Gasteiger partial charge in [-0.15, -0.1) is 0 Å². The Morgan fingerprint density at radius 3 is 2.62 bits per heavy atom. The van der Waals surface area contributed by atoms with Gasteiger partial charge in [0.15, 0.2) is 0 Å². The van der Waals surface area contributed by atoms with E-state index in [1.54, 1.807) is 24.3 Å². The molecule has 3 heterocycles. The Labute approximate surface area is 167 Å². The highest BCUT2D eigenvalue weighted by molar-refractivity contribution is 5.93. The molecule has 146 valence electrons. The number of aromatic nitrogens is 2. The standard InChI is InChI=1S/C22H20N4O3/c27-21(25-29)10-8-15-4-3-5-16(23-15)9-11-22(28)26-13-12-18-17-6-1-2-7-19(17)24-20(18)14-26/h1-11,24,29H,12-14H2,(H,25,27). The Morgan fingerprint density at radius 2 is 1.83 bits per heavy atom. The molecule has 7 heteroatoms. The number of para-hydroxylation sites is 1. The Hall–Kier alpha value is -3.71. The van der Waals surface area contributed by atoms with Crippen LogP contribution in [-0.2, 0) is 22.6 Å². The minimum absolute atomic E-state index is 0.0725. The van der Waals surface area contributed by atoms with Crippen molar-refractivity contribution in [2.24, 2.45) is 0 Å². The van der Waals surface area contributed by atoms with Crippen molar-refractivity contribution in [1.82, 2.24) is 20.3 Å². The summed E-state index contributed by atoms with van der Waals surface area (Å²) < 4.78 is 0. The van der Waals surface area contributed by atoms with Crippen LogP contribution in [0.15, 0.2) is 54.6 Å². The highest BCUT2D eigenvalue weighted by atomic mass is 16.5. The van der Waals surface area contributed by atoms with E-state index >= 15 is 0 Å². The molecule has 3 aromatic rings. The summed E-state index contributed by atoms with van der Waals surface area (Å²) in [5, 5.41) is 9.74. The summed E-state index contributed by atoms with van der Waals surface area (Å²) in [6.07, 6.45) is 6.65. The summed E-state index contributed by atoms with van der Waals surface area (Å²) in [6.45, 7) is 1.23. The summed E-state index contributed by atoms with van der Waals surface area (Å²) in [5.74, 6) is -0.707. The Bertz CT molecular complexity index is 1130. The third kappa shape index (κ3) is 4.09. The van der Waals surface area contributed by atoms with E-state index in [1.807, 2.05) is 17.0 Å². The van der Waals surface area contributed by atoms with Crippen LogP contribution in [0.4, 0.5) is 0 Å². The van der Waals surface area contributed by atoms with Gasteiger partial charge in [0.1, 0.15) is 0 Å². The van der Waals surface area contributed by atoms with Crippen molar-refractivity contribution in [3.63, 3.8) is 0 Å². The van der Waals surface area contributed by atoms with E-state index in [9.17, 15) is 9.59 Å². The molecule has 29 heavy (non-hydrogen) atoms. The van der Waals surface area contributed by atoms with E-state index in [0.717, 1.165) is 17.6 Å². The molecule has 0 bridgehead atoms. The molecule has 0 fully saturated rings. The largest absolute Gasteiger partial charge is 0.357 e. The first-order chi connectivity index (χ1) is 14.1. The van der Waals surface area contributed by atoms with Crippen LogP contribution in [0.3, 0.4) is 0 Å². The minimum atomic E-state index is -0.635. The summed E-state index contributed by atoms with van der Waals surface area (Å²) in [7, 11) is 0. The van der Waals surface area contributed by atoms with Gasteiger partial charge in [0.2, 0.25) is 5.91 Å². The van der Waals surface area contributed by atoms with Crippen molar-refractivity contribution in [2.75, 3.05) is 6.54 Å². The number of hydroxylamine groups is 1. The van der Waals surface area contributed by atoms with Gasteiger partial charge in [-0.25, -0.2) is 10.5 Å². The number of hydrogen-bond acceptors (Lipinski definition) is 4. The molecule has 0 atom stereocenters. The molecule has 7 nitrogen and oxygen atoms in total. The monoisotopic (exact) mass is 388 g/mol. The van der Waals surface area contributed by atoms with Crippen molar-refractivity contribution >= 4 is 34.9 Å². The van der Waals surface area contributed by atoms with E-state index in [4.69, 9.17) is 5.21 Å². The molecule has 3 N–H and O–H groups in total. The first-order valence-corrected chi connectivity index (χ1v) is 9.28. The van der Waals surface area contributed by atoms with Crippen LogP contribution in [-0.4, -0.2) is 38.4 Å². The minimum Gasteiger partial charge on any atom is -0.357 e. The van der Waals surface area contributed by atoms with Crippen LogP contribution in [0.5, 0.6) is 0 Å².